The third-order valence-electron chi connectivity index (χ3n) is 3.95. The summed E-state index contributed by atoms with van der Waals surface area (Å²) in [5.41, 5.74) is 0.881. The normalized spacial score (nSPS) is 15.4. The van der Waals surface area contributed by atoms with Gasteiger partial charge in [0.25, 0.3) is 0 Å². The van der Waals surface area contributed by atoms with Gasteiger partial charge in [0.15, 0.2) is 5.75 Å². The topological polar surface area (TPSA) is 76.9 Å². The van der Waals surface area contributed by atoms with E-state index in [1.54, 1.807) is 6.07 Å². The Kier molecular flexibility index (Phi) is 6.61. The van der Waals surface area contributed by atoms with Crippen LogP contribution in [0.1, 0.15) is 18.9 Å². The van der Waals surface area contributed by atoms with Crippen molar-refractivity contribution in [1.82, 2.24) is 10.2 Å². The average Bonchev–Trinajstić information content (AvgIpc) is 2.55. The second-order valence-corrected chi connectivity index (χ2v) is 5.53. The summed E-state index contributed by atoms with van der Waals surface area (Å²) in [5.74, 6) is 0.643. The van der Waals surface area contributed by atoms with Crippen LogP contribution < -0.4 is 14.8 Å². The maximum Gasteiger partial charge on any atom is 0.315 e. The molecule has 1 saturated heterocycles. The summed E-state index contributed by atoms with van der Waals surface area (Å²) in [7, 11) is 1.43. The highest BCUT2D eigenvalue weighted by Gasteiger charge is 2.21. The highest BCUT2D eigenvalue weighted by molar-refractivity contribution is 5.58. The van der Waals surface area contributed by atoms with Gasteiger partial charge in [-0.15, -0.1) is 0 Å². The van der Waals surface area contributed by atoms with Crippen molar-refractivity contribution < 1.29 is 14.4 Å². The fraction of sp³-hybridized carbons (Fsp3) is 0.625. The van der Waals surface area contributed by atoms with E-state index in [1.807, 2.05) is 13.0 Å². The van der Waals surface area contributed by atoms with E-state index in [4.69, 9.17) is 9.47 Å². The summed E-state index contributed by atoms with van der Waals surface area (Å²) in [6, 6.07) is 3.45. The Morgan fingerprint density at radius 3 is 2.70 bits per heavy atom. The van der Waals surface area contributed by atoms with Crippen LogP contribution in [0.15, 0.2) is 12.1 Å². The molecular weight excluding hydrogens is 298 g/mol. The fourth-order valence-electron chi connectivity index (χ4n) is 2.83. The van der Waals surface area contributed by atoms with Crippen molar-refractivity contribution in [3.63, 3.8) is 0 Å². The van der Waals surface area contributed by atoms with Gasteiger partial charge in [0, 0.05) is 32.2 Å². The zero-order valence-corrected chi connectivity index (χ0v) is 13.8. The Morgan fingerprint density at radius 2 is 2.09 bits per heavy atom. The SMILES string of the molecule is CCOc1cc(CCCN2CCNCC2)cc([N+](=O)[O-])c1OC. The standard InChI is InChI=1S/C16H25N3O4/c1-3-23-15-12-13(11-14(19(20)21)16(15)22-2)5-4-8-18-9-6-17-7-10-18/h11-12,17H,3-10H2,1-2H3. The first-order valence-corrected chi connectivity index (χ1v) is 8.07. The molecular formula is C16H25N3O4. The molecule has 0 atom stereocenters. The lowest BCUT2D eigenvalue weighted by atomic mass is 10.1. The molecule has 0 bridgehead atoms. The zero-order chi connectivity index (χ0) is 16.7. The Balaban J connectivity index is 2.06. The van der Waals surface area contributed by atoms with Gasteiger partial charge in [-0.25, -0.2) is 0 Å². The van der Waals surface area contributed by atoms with Crippen molar-refractivity contribution in [2.45, 2.75) is 19.8 Å². The number of nitrogens with zero attached hydrogens (tertiary/aromatic N) is 2. The van der Waals surface area contributed by atoms with Crippen LogP contribution in [0.4, 0.5) is 5.69 Å². The Hall–Kier alpha value is -1.86. The van der Waals surface area contributed by atoms with Crippen molar-refractivity contribution in [1.29, 1.82) is 0 Å². The van der Waals surface area contributed by atoms with Crippen LogP contribution in [-0.4, -0.2) is 56.3 Å². The van der Waals surface area contributed by atoms with Crippen molar-refractivity contribution in [2.75, 3.05) is 46.4 Å². The van der Waals surface area contributed by atoms with E-state index in [0.717, 1.165) is 51.1 Å². The molecule has 1 aromatic rings. The molecule has 1 heterocycles. The molecule has 0 radical (unpaired) electrons. The number of piperazine rings is 1. The van der Waals surface area contributed by atoms with Gasteiger partial charge in [0.2, 0.25) is 5.75 Å². The van der Waals surface area contributed by atoms with Crippen molar-refractivity contribution >= 4 is 5.69 Å². The second-order valence-electron chi connectivity index (χ2n) is 5.53. The fourth-order valence-corrected chi connectivity index (χ4v) is 2.83. The first-order valence-electron chi connectivity index (χ1n) is 8.07. The van der Waals surface area contributed by atoms with Crippen molar-refractivity contribution in [2.24, 2.45) is 0 Å². The number of nitro groups is 1. The van der Waals surface area contributed by atoms with E-state index < -0.39 is 4.92 Å². The third-order valence-corrected chi connectivity index (χ3v) is 3.95. The molecule has 128 valence electrons. The maximum absolute atomic E-state index is 11.3. The maximum atomic E-state index is 11.3. The summed E-state index contributed by atoms with van der Waals surface area (Å²) < 4.78 is 10.7. The summed E-state index contributed by atoms with van der Waals surface area (Å²) in [5, 5.41) is 14.6. The first-order chi connectivity index (χ1) is 11.2. The minimum atomic E-state index is -0.416. The predicted molar refractivity (Wildman–Crippen MR) is 88.4 cm³/mol. The van der Waals surface area contributed by atoms with E-state index in [9.17, 15) is 10.1 Å². The van der Waals surface area contributed by atoms with Crippen LogP contribution in [0.3, 0.4) is 0 Å². The minimum absolute atomic E-state index is 0.0318. The Bertz CT molecular complexity index is 530. The molecule has 0 unspecified atom stereocenters. The van der Waals surface area contributed by atoms with Gasteiger partial charge in [-0.3, -0.25) is 10.1 Å². The monoisotopic (exact) mass is 323 g/mol. The number of hydrogen-bond acceptors (Lipinski definition) is 6. The molecule has 23 heavy (non-hydrogen) atoms. The Morgan fingerprint density at radius 1 is 1.35 bits per heavy atom. The largest absolute Gasteiger partial charge is 0.490 e. The minimum Gasteiger partial charge on any atom is -0.490 e. The third kappa shape index (κ3) is 4.80. The molecule has 7 nitrogen and oxygen atoms in total. The molecule has 1 fully saturated rings. The molecule has 1 aliphatic heterocycles. The average molecular weight is 323 g/mol. The van der Waals surface area contributed by atoms with Gasteiger partial charge in [-0.05, 0) is 37.9 Å². The van der Waals surface area contributed by atoms with Crippen LogP contribution >= 0.6 is 0 Å². The van der Waals surface area contributed by atoms with Gasteiger partial charge in [0.1, 0.15) is 0 Å². The number of methoxy groups -OCH3 is 1. The number of ether oxygens (including phenoxy) is 2. The summed E-state index contributed by atoms with van der Waals surface area (Å²) in [6.45, 7) is 7.48. The van der Waals surface area contributed by atoms with Crippen molar-refractivity contribution in [3.8, 4) is 11.5 Å². The molecule has 1 aromatic carbocycles. The van der Waals surface area contributed by atoms with E-state index >= 15 is 0 Å². The van der Waals surface area contributed by atoms with Crippen LogP contribution in [-0.2, 0) is 6.42 Å². The first kappa shape index (κ1) is 17.5. The van der Waals surface area contributed by atoms with Gasteiger partial charge in [-0.1, -0.05) is 0 Å². The van der Waals surface area contributed by atoms with Crippen LogP contribution in [0.25, 0.3) is 0 Å². The summed E-state index contributed by atoms with van der Waals surface area (Å²) in [4.78, 5) is 13.3. The summed E-state index contributed by atoms with van der Waals surface area (Å²) in [6.07, 6.45) is 1.75. The van der Waals surface area contributed by atoms with Crippen LogP contribution in [0.2, 0.25) is 0 Å². The number of hydrogen-bond donors (Lipinski definition) is 1. The molecule has 0 spiro atoms. The molecule has 0 saturated carbocycles. The smallest absolute Gasteiger partial charge is 0.315 e. The highest BCUT2D eigenvalue weighted by Crippen LogP contribution is 2.38. The number of nitro benzene ring substituents is 1. The highest BCUT2D eigenvalue weighted by atomic mass is 16.6. The molecule has 1 aliphatic rings. The molecule has 0 aromatic heterocycles. The van der Waals surface area contributed by atoms with Crippen LogP contribution in [0, 0.1) is 10.1 Å². The molecule has 2 rings (SSSR count). The molecule has 1 N–H and O–H groups in total. The quantitative estimate of drug-likeness (QED) is 0.581. The number of aryl methyl sites for hydroxylation is 1. The lowest BCUT2D eigenvalue weighted by molar-refractivity contribution is -0.385. The van der Waals surface area contributed by atoms with Gasteiger partial charge >= 0.3 is 5.69 Å². The number of nitrogens with one attached hydrogen (secondary N) is 1. The molecule has 7 heteroatoms. The van der Waals surface area contributed by atoms with Crippen molar-refractivity contribution in [3.05, 3.63) is 27.8 Å². The zero-order valence-electron chi connectivity index (χ0n) is 13.8. The number of benzene rings is 1. The number of rotatable bonds is 8. The molecule has 0 aliphatic carbocycles. The predicted octanol–water partition coefficient (Wildman–Crippen LogP) is 1.84. The second kappa shape index (κ2) is 8.69. The van der Waals surface area contributed by atoms with E-state index in [2.05, 4.69) is 10.2 Å². The van der Waals surface area contributed by atoms with Gasteiger partial charge in [-0.2, -0.15) is 0 Å². The summed E-state index contributed by atoms with van der Waals surface area (Å²) >= 11 is 0. The van der Waals surface area contributed by atoms with Gasteiger partial charge < -0.3 is 19.7 Å². The van der Waals surface area contributed by atoms with Gasteiger partial charge in [0.05, 0.1) is 18.6 Å². The van der Waals surface area contributed by atoms with E-state index in [-0.39, 0.29) is 11.4 Å². The lowest BCUT2D eigenvalue weighted by Gasteiger charge is -2.27. The molecule has 0 amide bonds. The lowest BCUT2D eigenvalue weighted by Crippen LogP contribution is -2.43. The van der Waals surface area contributed by atoms with E-state index in [1.165, 1.54) is 7.11 Å². The van der Waals surface area contributed by atoms with E-state index in [0.29, 0.717) is 12.4 Å². The van der Waals surface area contributed by atoms with Crippen LogP contribution in [0.5, 0.6) is 11.5 Å². The Labute approximate surface area is 136 Å².